The first-order valence-electron chi connectivity index (χ1n) is 10.1. The van der Waals surface area contributed by atoms with Crippen LogP contribution in [0.1, 0.15) is 38.7 Å². The molecular weight excluding hydrogens is 335 g/mol. The van der Waals surface area contributed by atoms with Crippen molar-refractivity contribution in [3.05, 3.63) is 66.1 Å². The van der Waals surface area contributed by atoms with Crippen molar-refractivity contribution < 1.29 is 4.39 Å². The molecule has 1 saturated heterocycles. The SMILES string of the molecule is C=C1CC(N(CCC)CCC)CN1c1cccc(-c2c(C)cccc2F)c1. The summed E-state index contributed by atoms with van der Waals surface area (Å²) in [5.74, 6) is -0.164. The second-order valence-electron chi connectivity index (χ2n) is 7.55. The van der Waals surface area contributed by atoms with E-state index in [9.17, 15) is 4.39 Å². The van der Waals surface area contributed by atoms with Gasteiger partial charge in [0.05, 0.1) is 0 Å². The molecule has 0 aromatic heterocycles. The highest BCUT2D eigenvalue weighted by Gasteiger charge is 2.30. The van der Waals surface area contributed by atoms with Gasteiger partial charge in [0, 0.05) is 36.0 Å². The standard InChI is InChI=1S/C24H31FN2/c1-5-13-26(14-6-2)22-15-19(4)27(17-22)21-11-8-10-20(16-21)24-18(3)9-7-12-23(24)25/h7-12,16,22H,4-6,13-15,17H2,1-3H3. The molecule has 3 rings (SSSR count). The first-order chi connectivity index (χ1) is 13.0. The molecule has 0 N–H and O–H groups in total. The van der Waals surface area contributed by atoms with E-state index in [1.54, 1.807) is 6.07 Å². The Hall–Kier alpha value is -2.13. The van der Waals surface area contributed by atoms with Crippen LogP contribution in [-0.2, 0) is 0 Å². The third-order valence-electron chi connectivity index (χ3n) is 5.45. The van der Waals surface area contributed by atoms with E-state index in [-0.39, 0.29) is 5.82 Å². The van der Waals surface area contributed by atoms with Crippen LogP contribution in [-0.4, -0.2) is 30.6 Å². The average Bonchev–Trinajstić information content (AvgIpc) is 3.03. The number of rotatable bonds is 7. The lowest BCUT2D eigenvalue weighted by molar-refractivity contribution is 0.212. The summed E-state index contributed by atoms with van der Waals surface area (Å²) in [4.78, 5) is 4.90. The van der Waals surface area contributed by atoms with Crippen molar-refractivity contribution in [3.8, 4) is 11.1 Å². The van der Waals surface area contributed by atoms with Crippen molar-refractivity contribution in [2.24, 2.45) is 0 Å². The van der Waals surface area contributed by atoms with Crippen LogP contribution >= 0.6 is 0 Å². The van der Waals surface area contributed by atoms with Crippen LogP contribution in [0.15, 0.2) is 54.7 Å². The molecule has 1 fully saturated rings. The van der Waals surface area contributed by atoms with E-state index < -0.39 is 0 Å². The Morgan fingerprint density at radius 2 is 1.81 bits per heavy atom. The minimum absolute atomic E-state index is 0.164. The molecule has 0 amide bonds. The number of hydrogen-bond acceptors (Lipinski definition) is 2. The van der Waals surface area contributed by atoms with Gasteiger partial charge in [-0.1, -0.05) is 44.7 Å². The summed E-state index contributed by atoms with van der Waals surface area (Å²) in [6, 6.07) is 14.0. The predicted octanol–water partition coefficient (Wildman–Crippen LogP) is 6.02. The summed E-state index contributed by atoms with van der Waals surface area (Å²) >= 11 is 0. The van der Waals surface area contributed by atoms with Crippen molar-refractivity contribution in [3.63, 3.8) is 0 Å². The van der Waals surface area contributed by atoms with Gasteiger partial charge in [-0.25, -0.2) is 4.39 Å². The normalized spacial score (nSPS) is 17.1. The van der Waals surface area contributed by atoms with Crippen LogP contribution < -0.4 is 4.90 Å². The first kappa shape index (κ1) is 19.6. The van der Waals surface area contributed by atoms with Crippen LogP contribution in [0.2, 0.25) is 0 Å². The summed E-state index contributed by atoms with van der Waals surface area (Å²) in [5, 5.41) is 0. The quantitative estimate of drug-likeness (QED) is 0.591. The fraction of sp³-hybridized carbons (Fsp3) is 0.417. The minimum Gasteiger partial charge on any atom is -0.344 e. The number of aryl methyl sites for hydroxylation is 1. The first-order valence-corrected chi connectivity index (χ1v) is 10.1. The monoisotopic (exact) mass is 366 g/mol. The molecule has 0 bridgehead atoms. The molecule has 2 aromatic rings. The zero-order valence-corrected chi connectivity index (χ0v) is 16.8. The van der Waals surface area contributed by atoms with Crippen LogP contribution in [0.3, 0.4) is 0 Å². The fourth-order valence-corrected chi connectivity index (χ4v) is 4.20. The van der Waals surface area contributed by atoms with Crippen LogP contribution in [0.25, 0.3) is 11.1 Å². The van der Waals surface area contributed by atoms with E-state index in [0.29, 0.717) is 11.6 Å². The zero-order chi connectivity index (χ0) is 19.4. The summed E-state index contributed by atoms with van der Waals surface area (Å²) in [6.45, 7) is 14.0. The van der Waals surface area contributed by atoms with E-state index >= 15 is 0 Å². The van der Waals surface area contributed by atoms with Gasteiger partial charge in [0.2, 0.25) is 0 Å². The van der Waals surface area contributed by atoms with E-state index in [2.05, 4.69) is 42.4 Å². The molecule has 0 radical (unpaired) electrons. The molecule has 3 heteroatoms. The van der Waals surface area contributed by atoms with Crippen LogP contribution in [0.5, 0.6) is 0 Å². The molecule has 0 aliphatic carbocycles. The number of benzene rings is 2. The molecule has 1 heterocycles. The number of nitrogens with zero attached hydrogens (tertiary/aromatic N) is 2. The Morgan fingerprint density at radius 1 is 1.11 bits per heavy atom. The Labute approximate surface area is 163 Å². The lowest BCUT2D eigenvalue weighted by atomic mass is 9.99. The summed E-state index contributed by atoms with van der Waals surface area (Å²) in [5.41, 5.74) is 4.84. The van der Waals surface area contributed by atoms with Gasteiger partial charge in [-0.15, -0.1) is 0 Å². The predicted molar refractivity (Wildman–Crippen MR) is 114 cm³/mol. The highest BCUT2D eigenvalue weighted by molar-refractivity contribution is 5.72. The minimum atomic E-state index is -0.164. The second kappa shape index (κ2) is 8.71. The Kier molecular flexibility index (Phi) is 6.33. The topological polar surface area (TPSA) is 6.48 Å². The van der Waals surface area contributed by atoms with Gasteiger partial charge < -0.3 is 4.90 Å². The largest absolute Gasteiger partial charge is 0.344 e. The van der Waals surface area contributed by atoms with Crippen LogP contribution in [0.4, 0.5) is 10.1 Å². The molecule has 144 valence electrons. The third-order valence-corrected chi connectivity index (χ3v) is 5.45. The van der Waals surface area contributed by atoms with Crippen molar-refractivity contribution in [1.82, 2.24) is 4.90 Å². The molecule has 0 saturated carbocycles. The maximum atomic E-state index is 14.4. The highest BCUT2D eigenvalue weighted by Crippen LogP contribution is 2.34. The van der Waals surface area contributed by atoms with Crippen molar-refractivity contribution in [1.29, 1.82) is 0 Å². The highest BCUT2D eigenvalue weighted by atomic mass is 19.1. The Balaban J connectivity index is 1.86. The molecule has 1 unspecified atom stereocenters. The molecule has 1 aliphatic rings. The average molecular weight is 367 g/mol. The van der Waals surface area contributed by atoms with Gasteiger partial charge in [0.15, 0.2) is 0 Å². The van der Waals surface area contributed by atoms with E-state index in [0.717, 1.165) is 48.6 Å². The molecular formula is C24H31FN2. The second-order valence-corrected chi connectivity index (χ2v) is 7.55. The third kappa shape index (κ3) is 4.24. The lowest BCUT2D eigenvalue weighted by Crippen LogP contribution is -2.38. The summed E-state index contributed by atoms with van der Waals surface area (Å²) in [6.07, 6.45) is 3.35. The van der Waals surface area contributed by atoms with Gasteiger partial charge >= 0.3 is 0 Å². The van der Waals surface area contributed by atoms with Gasteiger partial charge in [0.1, 0.15) is 5.82 Å². The van der Waals surface area contributed by atoms with Crippen molar-refractivity contribution >= 4 is 5.69 Å². The van der Waals surface area contributed by atoms with Gasteiger partial charge in [0.25, 0.3) is 0 Å². The van der Waals surface area contributed by atoms with E-state index in [1.165, 1.54) is 18.9 Å². The van der Waals surface area contributed by atoms with Gasteiger partial charge in [-0.3, -0.25) is 4.90 Å². The molecule has 0 spiro atoms. The van der Waals surface area contributed by atoms with E-state index in [4.69, 9.17) is 0 Å². The van der Waals surface area contributed by atoms with Gasteiger partial charge in [-0.05, 0) is 62.2 Å². The van der Waals surface area contributed by atoms with Gasteiger partial charge in [-0.2, -0.15) is 0 Å². The molecule has 27 heavy (non-hydrogen) atoms. The molecule has 1 atom stereocenters. The van der Waals surface area contributed by atoms with Crippen molar-refractivity contribution in [2.75, 3.05) is 24.5 Å². The maximum absolute atomic E-state index is 14.4. The molecule has 2 nitrogen and oxygen atoms in total. The van der Waals surface area contributed by atoms with Crippen molar-refractivity contribution in [2.45, 2.75) is 46.1 Å². The lowest BCUT2D eigenvalue weighted by Gasteiger charge is -2.28. The Bertz CT molecular complexity index is 772. The fourth-order valence-electron chi connectivity index (χ4n) is 4.20. The zero-order valence-electron chi connectivity index (χ0n) is 16.8. The molecule has 2 aromatic carbocycles. The van der Waals surface area contributed by atoms with E-state index in [1.807, 2.05) is 25.1 Å². The summed E-state index contributed by atoms with van der Waals surface area (Å²) < 4.78 is 14.4. The van der Waals surface area contributed by atoms with Crippen LogP contribution in [0, 0.1) is 12.7 Å². The smallest absolute Gasteiger partial charge is 0.131 e. The molecule has 1 aliphatic heterocycles. The number of hydrogen-bond donors (Lipinski definition) is 0. The Morgan fingerprint density at radius 3 is 2.48 bits per heavy atom. The summed E-state index contributed by atoms with van der Waals surface area (Å²) in [7, 11) is 0. The number of anilines is 1. The number of halogens is 1. The maximum Gasteiger partial charge on any atom is 0.131 e.